The molecule has 0 bridgehead atoms. The lowest BCUT2D eigenvalue weighted by molar-refractivity contribution is 0.0802. The second-order valence-electron chi connectivity index (χ2n) is 4.32. The number of rotatable bonds is 4. The number of nitrogens with one attached hydrogen (secondary N) is 1. The predicted octanol–water partition coefficient (Wildman–Crippen LogP) is 2.43. The Bertz CT molecular complexity index is 611. The van der Waals surface area contributed by atoms with Crippen LogP contribution in [0.1, 0.15) is 9.67 Å². The van der Waals surface area contributed by atoms with Crippen LogP contribution >= 0.6 is 22.9 Å². The Kier molecular flexibility index (Phi) is 4.29. The van der Waals surface area contributed by atoms with E-state index in [-0.39, 0.29) is 5.91 Å². The maximum Gasteiger partial charge on any atom is 0.265 e. The average Bonchev–Trinajstić information content (AvgIpc) is 2.72. The van der Waals surface area contributed by atoms with Gasteiger partial charge in [0.1, 0.15) is 4.88 Å². The van der Waals surface area contributed by atoms with Gasteiger partial charge in [0.15, 0.2) is 0 Å². The number of thiophene rings is 1. The van der Waals surface area contributed by atoms with Crippen molar-refractivity contribution in [3.63, 3.8) is 0 Å². The van der Waals surface area contributed by atoms with Crippen molar-refractivity contribution in [2.75, 3.05) is 32.9 Å². The van der Waals surface area contributed by atoms with Crippen LogP contribution in [0.15, 0.2) is 18.2 Å². The fraction of sp³-hybridized carbons (Fsp3) is 0.308. The van der Waals surface area contributed by atoms with Gasteiger partial charge in [0.25, 0.3) is 5.91 Å². The van der Waals surface area contributed by atoms with Gasteiger partial charge in [-0.05, 0) is 25.2 Å². The van der Waals surface area contributed by atoms with Crippen molar-refractivity contribution >= 4 is 44.6 Å². The summed E-state index contributed by atoms with van der Waals surface area (Å²) in [5.41, 5.74) is 6.58. The third-order valence-electron chi connectivity index (χ3n) is 2.93. The van der Waals surface area contributed by atoms with Gasteiger partial charge in [0, 0.05) is 35.2 Å². The van der Waals surface area contributed by atoms with E-state index in [9.17, 15) is 4.79 Å². The third kappa shape index (κ3) is 2.83. The molecule has 1 amide bonds. The lowest BCUT2D eigenvalue weighted by Crippen LogP contribution is -2.32. The van der Waals surface area contributed by atoms with Crippen molar-refractivity contribution in [1.29, 1.82) is 0 Å². The van der Waals surface area contributed by atoms with Gasteiger partial charge in [0.2, 0.25) is 0 Å². The molecule has 3 N–H and O–H groups in total. The van der Waals surface area contributed by atoms with Crippen molar-refractivity contribution in [2.24, 2.45) is 0 Å². The maximum atomic E-state index is 12.3. The first kappa shape index (κ1) is 14.1. The van der Waals surface area contributed by atoms with Gasteiger partial charge >= 0.3 is 0 Å². The Morgan fingerprint density at radius 2 is 2.26 bits per heavy atom. The molecular weight excluding hydrogens is 282 g/mol. The van der Waals surface area contributed by atoms with Crippen molar-refractivity contribution in [2.45, 2.75) is 0 Å². The van der Waals surface area contributed by atoms with Crippen LogP contribution in [0.4, 0.5) is 5.69 Å². The van der Waals surface area contributed by atoms with Crippen LogP contribution in [-0.2, 0) is 0 Å². The SMILES string of the molecule is CNCCN(C)C(=O)c1sc2ccc(Cl)cc2c1N. The topological polar surface area (TPSA) is 58.4 Å². The lowest BCUT2D eigenvalue weighted by Gasteiger charge is -2.16. The molecule has 0 saturated carbocycles. The van der Waals surface area contributed by atoms with Gasteiger partial charge in [-0.1, -0.05) is 11.6 Å². The van der Waals surface area contributed by atoms with Gasteiger partial charge < -0.3 is 16.0 Å². The Morgan fingerprint density at radius 3 is 2.95 bits per heavy atom. The van der Waals surface area contributed by atoms with Crippen LogP contribution in [0.3, 0.4) is 0 Å². The van der Waals surface area contributed by atoms with Gasteiger partial charge in [0.05, 0.1) is 5.69 Å². The minimum Gasteiger partial charge on any atom is -0.397 e. The van der Waals surface area contributed by atoms with Crippen LogP contribution in [0.25, 0.3) is 10.1 Å². The monoisotopic (exact) mass is 297 g/mol. The molecule has 1 heterocycles. The standard InChI is InChI=1S/C13H16ClN3OS/c1-16-5-6-17(2)13(18)12-11(15)9-7-8(14)3-4-10(9)19-12/h3-4,7,16H,5-6,15H2,1-2H3. The van der Waals surface area contributed by atoms with Crippen molar-refractivity contribution in [1.82, 2.24) is 10.2 Å². The number of carbonyl (C=O) groups excluding carboxylic acids is 1. The molecule has 0 aliphatic rings. The zero-order valence-electron chi connectivity index (χ0n) is 10.9. The van der Waals surface area contributed by atoms with E-state index in [1.54, 1.807) is 24.1 Å². The minimum atomic E-state index is -0.0509. The van der Waals surface area contributed by atoms with E-state index >= 15 is 0 Å². The van der Waals surface area contributed by atoms with Crippen LogP contribution in [-0.4, -0.2) is 38.0 Å². The summed E-state index contributed by atoms with van der Waals surface area (Å²) >= 11 is 7.36. The van der Waals surface area contributed by atoms with E-state index in [1.165, 1.54) is 11.3 Å². The highest BCUT2D eigenvalue weighted by Crippen LogP contribution is 2.35. The Balaban J connectivity index is 2.34. The summed E-state index contributed by atoms with van der Waals surface area (Å²) < 4.78 is 0.979. The molecule has 0 atom stereocenters. The number of nitrogens with zero attached hydrogens (tertiary/aromatic N) is 1. The number of halogens is 1. The maximum absolute atomic E-state index is 12.3. The molecule has 0 aliphatic heterocycles. The Hall–Kier alpha value is -1.30. The molecule has 0 fully saturated rings. The number of anilines is 1. The predicted molar refractivity (Wildman–Crippen MR) is 82.1 cm³/mol. The second kappa shape index (κ2) is 5.77. The number of nitrogens with two attached hydrogens (primary N) is 1. The molecule has 0 unspecified atom stereocenters. The highest BCUT2D eigenvalue weighted by molar-refractivity contribution is 7.21. The van der Waals surface area contributed by atoms with Crippen LogP contribution in [0.2, 0.25) is 5.02 Å². The molecule has 102 valence electrons. The number of carbonyl (C=O) groups is 1. The molecule has 0 radical (unpaired) electrons. The number of fused-ring (bicyclic) bond motifs is 1. The molecule has 0 spiro atoms. The first-order chi connectivity index (χ1) is 9.04. The smallest absolute Gasteiger partial charge is 0.265 e. The first-order valence-corrected chi connectivity index (χ1v) is 7.11. The van der Waals surface area contributed by atoms with Gasteiger partial charge in [-0.15, -0.1) is 11.3 Å². The molecular formula is C13H16ClN3OS. The zero-order valence-corrected chi connectivity index (χ0v) is 12.4. The Morgan fingerprint density at radius 1 is 1.53 bits per heavy atom. The molecule has 2 aromatic rings. The summed E-state index contributed by atoms with van der Waals surface area (Å²) in [6, 6.07) is 5.50. The van der Waals surface area contributed by atoms with E-state index in [1.807, 2.05) is 13.1 Å². The third-order valence-corrected chi connectivity index (χ3v) is 4.34. The van der Waals surface area contributed by atoms with Crippen LogP contribution in [0, 0.1) is 0 Å². The summed E-state index contributed by atoms with van der Waals surface area (Å²) in [5.74, 6) is -0.0509. The normalized spacial score (nSPS) is 10.9. The van der Waals surface area contributed by atoms with Crippen LogP contribution in [0.5, 0.6) is 0 Å². The first-order valence-electron chi connectivity index (χ1n) is 5.92. The van der Waals surface area contributed by atoms with Gasteiger partial charge in [-0.3, -0.25) is 4.79 Å². The number of benzene rings is 1. The largest absolute Gasteiger partial charge is 0.397 e. The van der Waals surface area contributed by atoms with Crippen molar-refractivity contribution in [3.8, 4) is 0 Å². The molecule has 0 saturated heterocycles. The number of hydrogen-bond acceptors (Lipinski definition) is 4. The highest BCUT2D eigenvalue weighted by Gasteiger charge is 2.19. The number of likely N-dealkylation sites (N-methyl/N-ethyl adjacent to an activating group) is 2. The van der Waals surface area contributed by atoms with Crippen molar-refractivity contribution < 1.29 is 4.79 Å². The molecule has 19 heavy (non-hydrogen) atoms. The summed E-state index contributed by atoms with van der Waals surface area (Å²) in [6.45, 7) is 1.39. The molecule has 4 nitrogen and oxygen atoms in total. The molecule has 1 aromatic heterocycles. The summed E-state index contributed by atoms with van der Waals surface area (Å²) in [5, 5.41) is 4.49. The quantitative estimate of drug-likeness (QED) is 0.911. The second-order valence-corrected chi connectivity index (χ2v) is 5.80. The zero-order chi connectivity index (χ0) is 14.0. The minimum absolute atomic E-state index is 0.0509. The van der Waals surface area contributed by atoms with E-state index in [4.69, 9.17) is 17.3 Å². The van der Waals surface area contributed by atoms with E-state index in [0.717, 1.165) is 16.6 Å². The van der Waals surface area contributed by atoms with Gasteiger partial charge in [-0.25, -0.2) is 0 Å². The molecule has 2 rings (SSSR count). The van der Waals surface area contributed by atoms with Crippen molar-refractivity contribution in [3.05, 3.63) is 28.1 Å². The molecule has 0 aliphatic carbocycles. The fourth-order valence-electron chi connectivity index (χ4n) is 1.80. The molecule has 1 aromatic carbocycles. The number of nitrogen functional groups attached to an aromatic ring is 1. The van der Waals surface area contributed by atoms with Crippen LogP contribution < -0.4 is 11.1 Å². The fourth-order valence-corrected chi connectivity index (χ4v) is 3.07. The van der Waals surface area contributed by atoms with E-state index in [0.29, 0.717) is 22.1 Å². The van der Waals surface area contributed by atoms with E-state index in [2.05, 4.69) is 5.32 Å². The summed E-state index contributed by atoms with van der Waals surface area (Å²) in [4.78, 5) is 14.6. The number of amides is 1. The summed E-state index contributed by atoms with van der Waals surface area (Å²) in [7, 11) is 3.63. The summed E-state index contributed by atoms with van der Waals surface area (Å²) in [6.07, 6.45) is 0. The average molecular weight is 298 g/mol. The number of hydrogen-bond donors (Lipinski definition) is 2. The molecule has 6 heteroatoms. The van der Waals surface area contributed by atoms with E-state index < -0.39 is 0 Å². The Labute approximate surface area is 121 Å². The lowest BCUT2D eigenvalue weighted by atomic mass is 10.2. The van der Waals surface area contributed by atoms with Gasteiger partial charge in [-0.2, -0.15) is 0 Å². The highest BCUT2D eigenvalue weighted by atomic mass is 35.5.